The molecule has 7 atom stereocenters. The Morgan fingerprint density at radius 3 is 2.31 bits per heavy atom. The van der Waals surface area contributed by atoms with Gasteiger partial charge in [-0.05, 0) is 79.6 Å². The second-order valence-electron chi connectivity index (χ2n) is 15.1. The summed E-state index contributed by atoms with van der Waals surface area (Å²) in [5, 5.41) is 12.6. The van der Waals surface area contributed by atoms with Crippen LogP contribution in [0, 0.1) is 56.7 Å². The summed E-state index contributed by atoms with van der Waals surface area (Å²) < 4.78 is 28.2. The number of hydrogen-bond acceptors (Lipinski definition) is 4. The van der Waals surface area contributed by atoms with Gasteiger partial charge in [-0.15, -0.1) is 0 Å². The van der Waals surface area contributed by atoms with Crippen molar-refractivity contribution in [3.63, 3.8) is 0 Å². The molecule has 5 nitrogen and oxygen atoms in total. The molecule has 0 aliphatic heterocycles. The number of allylic oxidation sites excluding steroid dienone is 4. The fraction of sp³-hybridized carbons (Fsp3) is 0.750. The summed E-state index contributed by atoms with van der Waals surface area (Å²) >= 11 is 0. The van der Waals surface area contributed by atoms with Crippen molar-refractivity contribution >= 4 is 17.5 Å². The Labute approximate surface area is 230 Å². The van der Waals surface area contributed by atoms with Gasteiger partial charge in [-0.2, -0.15) is 14.0 Å². The van der Waals surface area contributed by atoms with Crippen molar-refractivity contribution in [1.29, 1.82) is 5.26 Å². The summed E-state index contributed by atoms with van der Waals surface area (Å²) in [7, 11) is 0. The van der Waals surface area contributed by atoms with E-state index in [0.29, 0.717) is 32.6 Å². The molecule has 1 N–H and O–H groups in total. The second-order valence-corrected chi connectivity index (χ2v) is 15.1. The normalized spacial score (nSPS) is 42.5. The number of carbonyl (C=O) groups is 3. The molecule has 0 aromatic heterocycles. The number of ketones is 2. The Hall–Kier alpha value is -2.36. The summed E-state index contributed by atoms with van der Waals surface area (Å²) in [4.78, 5) is 40.0. The van der Waals surface area contributed by atoms with Gasteiger partial charge >= 0.3 is 5.92 Å². The van der Waals surface area contributed by atoms with Gasteiger partial charge in [0.2, 0.25) is 0 Å². The maximum absolute atomic E-state index is 14.2. The van der Waals surface area contributed by atoms with Crippen molar-refractivity contribution < 1.29 is 23.2 Å². The Kier molecular flexibility index (Phi) is 6.02. The van der Waals surface area contributed by atoms with Gasteiger partial charge in [-0.1, -0.05) is 53.2 Å². The van der Waals surface area contributed by atoms with Crippen molar-refractivity contribution in [3.8, 4) is 6.07 Å². The highest BCUT2D eigenvalue weighted by Crippen LogP contribution is 2.69. The van der Waals surface area contributed by atoms with Crippen LogP contribution in [0.15, 0.2) is 23.3 Å². The van der Waals surface area contributed by atoms with E-state index >= 15 is 0 Å². The lowest BCUT2D eigenvalue weighted by Gasteiger charge is -2.65. The Bertz CT molecular complexity index is 1250. The zero-order valence-electron chi connectivity index (χ0n) is 24.3. The quantitative estimate of drug-likeness (QED) is 0.443. The van der Waals surface area contributed by atoms with Gasteiger partial charge in [0.1, 0.15) is 6.07 Å². The lowest BCUT2D eigenvalue weighted by molar-refractivity contribution is -0.155. The Balaban J connectivity index is 1.62. The summed E-state index contributed by atoms with van der Waals surface area (Å²) in [5.41, 5.74) is -1.36. The first-order valence-electron chi connectivity index (χ1n) is 14.5. The van der Waals surface area contributed by atoms with Crippen LogP contribution in [0.5, 0.6) is 0 Å². The fourth-order valence-electron chi connectivity index (χ4n) is 9.83. The summed E-state index contributed by atoms with van der Waals surface area (Å²) in [5.74, 6) is -5.49. The summed E-state index contributed by atoms with van der Waals surface area (Å²) in [6.07, 6.45) is 8.53. The first-order valence-corrected chi connectivity index (χ1v) is 14.5. The average molecular weight is 541 g/mol. The van der Waals surface area contributed by atoms with Gasteiger partial charge in [0, 0.05) is 29.2 Å². The molecule has 0 aromatic carbocycles. The van der Waals surface area contributed by atoms with E-state index in [9.17, 15) is 28.4 Å². The van der Waals surface area contributed by atoms with Gasteiger partial charge in [0.25, 0.3) is 5.91 Å². The predicted molar refractivity (Wildman–Crippen MR) is 143 cm³/mol. The third kappa shape index (κ3) is 3.90. The molecular weight excluding hydrogens is 498 g/mol. The van der Waals surface area contributed by atoms with Crippen LogP contribution in [-0.4, -0.2) is 28.9 Å². The Morgan fingerprint density at radius 2 is 1.69 bits per heavy atom. The number of amides is 1. The largest absolute Gasteiger partial charge is 0.345 e. The molecule has 5 aliphatic carbocycles. The van der Waals surface area contributed by atoms with Crippen LogP contribution >= 0.6 is 0 Å². The van der Waals surface area contributed by atoms with Crippen molar-refractivity contribution in [2.75, 3.05) is 0 Å². The fourth-order valence-corrected chi connectivity index (χ4v) is 9.83. The zero-order valence-corrected chi connectivity index (χ0v) is 24.3. The predicted octanol–water partition coefficient (Wildman–Crippen LogP) is 6.34. The molecule has 0 aromatic rings. The van der Waals surface area contributed by atoms with Crippen LogP contribution in [0.3, 0.4) is 0 Å². The van der Waals surface area contributed by atoms with Crippen molar-refractivity contribution in [2.24, 2.45) is 45.3 Å². The third-order valence-electron chi connectivity index (χ3n) is 11.8. The molecule has 6 unspecified atom stereocenters. The van der Waals surface area contributed by atoms with Crippen molar-refractivity contribution in [2.45, 2.75) is 105 Å². The smallest absolute Gasteiger partial charge is 0.321 e. The number of fused-ring (bicyclic) bond motifs is 7. The second kappa shape index (κ2) is 8.33. The highest BCUT2D eigenvalue weighted by atomic mass is 19.3. The average Bonchev–Trinajstić information content (AvgIpc) is 2.82. The number of hydrogen-bond donors (Lipinski definition) is 1. The van der Waals surface area contributed by atoms with E-state index in [4.69, 9.17) is 0 Å². The molecule has 39 heavy (non-hydrogen) atoms. The first-order chi connectivity index (χ1) is 17.8. The van der Waals surface area contributed by atoms with Gasteiger partial charge in [0.15, 0.2) is 11.6 Å². The zero-order chi connectivity index (χ0) is 29.0. The van der Waals surface area contributed by atoms with E-state index in [-0.39, 0.29) is 51.6 Å². The molecule has 1 amide bonds. The molecule has 0 heterocycles. The van der Waals surface area contributed by atoms with E-state index < -0.39 is 28.2 Å². The summed E-state index contributed by atoms with van der Waals surface area (Å²) in [6.45, 7) is 13.1. The molecule has 5 aliphatic rings. The highest BCUT2D eigenvalue weighted by Gasteiger charge is 2.66. The number of rotatable bonds is 2. The van der Waals surface area contributed by atoms with Crippen LogP contribution < -0.4 is 5.32 Å². The van der Waals surface area contributed by atoms with Crippen LogP contribution in [0.1, 0.15) is 93.4 Å². The molecule has 212 valence electrons. The molecular formula is C32H42F2N2O3. The number of nitrogens with zero attached hydrogens (tertiary/aromatic N) is 1. The van der Waals surface area contributed by atoms with Crippen molar-refractivity contribution in [1.82, 2.24) is 5.32 Å². The summed E-state index contributed by atoms with van der Waals surface area (Å²) in [6, 6.07) is 2.12. The number of alkyl halides is 2. The van der Waals surface area contributed by atoms with Crippen molar-refractivity contribution in [3.05, 3.63) is 23.3 Å². The molecule has 0 spiro atoms. The van der Waals surface area contributed by atoms with Crippen LogP contribution in [0.2, 0.25) is 0 Å². The maximum atomic E-state index is 14.2. The maximum Gasteiger partial charge on any atom is 0.321 e. The van der Waals surface area contributed by atoms with E-state index in [1.54, 1.807) is 6.08 Å². The lowest BCUT2D eigenvalue weighted by Crippen LogP contribution is -2.67. The van der Waals surface area contributed by atoms with E-state index in [0.717, 1.165) is 24.8 Å². The third-order valence-corrected chi connectivity index (χ3v) is 11.8. The van der Waals surface area contributed by atoms with Gasteiger partial charge in [0.05, 0.1) is 5.57 Å². The molecule has 0 radical (unpaired) electrons. The molecule has 7 heteroatoms. The van der Waals surface area contributed by atoms with Gasteiger partial charge < -0.3 is 5.32 Å². The molecule has 3 saturated carbocycles. The lowest BCUT2D eigenvalue weighted by atomic mass is 9.39. The van der Waals surface area contributed by atoms with E-state index in [1.165, 1.54) is 0 Å². The highest BCUT2D eigenvalue weighted by molar-refractivity contribution is 6.04. The number of carbonyl (C=O) groups excluding carboxylic acids is 3. The van der Waals surface area contributed by atoms with Gasteiger partial charge in [-0.3, -0.25) is 14.4 Å². The minimum Gasteiger partial charge on any atom is -0.345 e. The Morgan fingerprint density at radius 1 is 1.03 bits per heavy atom. The minimum absolute atomic E-state index is 0.000228. The van der Waals surface area contributed by atoms with E-state index in [2.05, 4.69) is 39.1 Å². The first kappa shape index (κ1) is 28.2. The number of Topliss-reactive ketones (excluding diaryl/α,β-unsaturated/α-hetero) is 1. The topological polar surface area (TPSA) is 87.0 Å². The minimum atomic E-state index is -3.48. The van der Waals surface area contributed by atoms with Crippen LogP contribution in [0.25, 0.3) is 0 Å². The number of nitriles is 1. The van der Waals surface area contributed by atoms with Crippen LogP contribution in [0.4, 0.5) is 8.78 Å². The molecule has 3 fully saturated rings. The van der Waals surface area contributed by atoms with Gasteiger partial charge in [-0.25, -0.2) is 0 Å². The monoisotopic (exact) mass is 540 g/mol. The molecule has 0 saturated heterocycles. The SMILES string of the molecule is CC1(C)CC[C@]2(NC(=O)C(C)(F)F)CCC3C(C(=O)C=C4C5(C)C=C(C#N)C(=O)C(C)(C)C5CCC43C)C2C1. The molecule has 0 bridgehead atoms. The number of halogens is 2. The van der Waals surface area contributed by atoms with E-state index in [1.807, 2.05) is 19.9 Å². The standard InChI is InChI=1S/C32H42F2N2O3/c1-27(2)12-13-32(36-26(39)31(7,33)34)11-8-19-24(20(32)16-27)21(37)14-23-29(19,5)10-9-22-28(3,4)25(38)18(17-35)15-30(22,23)6/h14-15,19-20,22,24H,8-13,16H2,1-7H3,(H,36,39)/t19?,20?,22?,24?,29?,30?,32-/m1/s1. The van der Waals surface area contributed by atoms with Crippen LogP contribution in [-0.2, 0) is 14.4 Å². The number of nitrogens with one attached hydrogen (secondary N) is 1. The molecule has 5 rings (SSSR count).